The molecule has 0 saturated carbocycles. The Kier molecular flexibility index (Phi) is 3.52. The maximum Gasteiger partial charge on any atom is 0.284 e. The molecule has 0 spiro atoms. The monoisotopic (exact) mass is 318 g/mol. The number of nitrogens with zero attached hydrogens (tertiary/aromatic N) is 2. The van der Waals surface area contributed by atoms with Crippen molar-refractivity contribution >= 4 is 39.0 Å². The topological polar surface area (TPSA) is 76.3 Å². The molecule has 21 heavy (non-hydrogen) atoms. The Morgan fingerprint density at radius 1 is 1.29 bits per heavy atom. The summed E-state index contributed by atoms with van der Waals surface area (Å²) in [5.41, 5.74) is 0.841. The van der Waals surface area contributed by atoms with Crippen LogP contribution in [0.5, 0.6) is 5.75 Å². The van der Waals surface area contributed by atoms with E-state index in [4.69, 9.17) is 0 Å². The van der Waals surface area contributed by atoms with E-state index in [1.54, 1.807) is 36.4 Å². The number of phenols is 1. The van der Waals surface area contributed by atoms with Crippen LogP contribution in [-0.4, -0.2) is 15.0 Å². The first-order chi connectivity index (χ1) is 10.0. The van der Waals surface area contributed by atoms with Crippen molar-refractivity contribution in [3.8, 4) is 5.75 Å². The second-order valence-electron chi connectivity index (χ2n) is 4.37. The van der Waals surface area contributed by atoms with Gasteiger partial charge < -0.3 is 5.11 Å². The number of nitro benzene ring substituents is 1. The van der Waals surface area contributed by atoms with Crippen molar-refractivity contribution in [1.82, 2.24) is 4.98 Å². The number of aromatic hydroxyl groups is 1. The number of aryl methyl sites for hydroxylation is 1. The first kappa shape index (κ1) is 13.8. The molecule has 1 N–H and O–H groups in total. The van der Waals surface area contributed by atoms with E-state index >= 15 is 0 Å². The molecule has 0 amide bonds. The maximum atomic E-state index is 11.3. The lowest BCUT2D eigenvalue weighted by molar-refractivity contribution is -0.387. The lowest BCUT2D eigenvalue weighted by Crippen LogP contribution is -1.90. The molecule has 3 aromatic rings. The van der Waals surface area contributed by atoms with Crippen molar-refractivity contribution < 1.29 is 10.0 Å². The Hall–Kier alpha value is -2.12. The van der Waals surface area contributed by atoms with Gasteiger partial charge in [0, 0.05) is 11.0 Å². The Morgan fingerprint density at radius 3 is 2.67 bits per heavy atom. The molecule has 2 aromatic carbocycles. The van der Waals surface area contributed by atoms with Crippen molar-refractivity contribution in [2.24, 2.45) is 0 Å². The van der Waals surface area contributed by atoms with Gasteiger partial charge in [0.2, 0.25) is 0 Å². The largest absolute Gasteiger partial charge is 0.508 e. The summed E-state index contributed by atoms with van der Waals surface area (Å²) < 4.78 is 0.814. The highest BCUT2D eigenvalue weighted by molar-refractivity contribution is 7.99. The van der Waals surface area contributed by atoms with E-state index in [9.17, 15) is 15.2 Å². The molecule has 0 bridgehead atoms. The number of rotatable bonds is 3. The molecule has 0 aliphatic carbocycles. The van der Waals surface area contributed by atoms with Gasteiger partial charge in [-0.3, -0.25) is 10.1 Å². The Bertz CT molecular complexity index is 828. The Morgan fingerprint density at radius 2 is 2.00 bits per heavy atom. The summed E-state index contributed by atoms with van der Waals surface area (Å²) >= 11 is 2.73. The predicted molar refractivity (Wildman–Crippen MR) is 83.2 cm³/mol. The normalized spacial score (nSPS) is 10.9. The number of aromatic nitrogens is 1. The first-order valence-electron chi connectivity index (χ1n) is 6.05. The van der Waals surface area contributed by atoms with Crippen LogP contribution in [-0.2, 0) is 0 Å². The van der Waals surface area contributed by atoms with Gasteiger partial charge in [0.25, 0.3) is 5.69 Å². The standard InChI is InChI=1S/C14H10N2O3S2/c1-8-15-11-6-14(12(16(18)19)7-13(11)20-8)21-10-4-2-9(17)3-5-10/h2-7,17H,1H3. The summed E-state index contributed by atoms with van der Waals surface area (Å²) in [4.78, 5) is 16.6. The van der Waals surface area contributed by atoms with Crippen molar-refractivity contribution in [1.29, 1.82) is 0 Å². The van der Waals surface area contributed by atoms with Crippen LogP contribution < -0.4 is 0 Å². The van der Waals surface area contributed by atoms with E-state index in [1.165, 1.54) is 23.1 Å². The molecule has 3 rings (SSSR count). The number of phenolic OH excluding ortho intramolecular Hbond substituents is 1. The van der Waals surface area contributed by atoms with E-state index in [-0.39, 0.29) is 16.4 Å². The van der Waals surface area contributed by atoms with Crippen LogP contribution in [0.3, 0.4) is 0 Å². The van der Waals surface area contributed by atoms with Crippen molar-refractivity contribution in [3.05, 3.63) is 51.5 Å². The van der Waals surface area contributed by atoms with Gasteiger partial charge in [0.05, 0.1) is 25.0 Å². The van der Waals surface area contributed by atoms with Crippen LogP contribution in [0.4, 0.5) is 5.69 Å². The first-order valence-corrected chi connectivity index (χ1v) is 7.69. The summed E-state index contributed by atoms with van der Waals surface area (Å²) in [7, 11) is 0. The number of hydrogen-bond donors (Lipinski definition) is 1. The zero-order chi connectivity index (χ0) is 15.0. The Balaban J connectivity index is 2.08. The van der Waals surface area contributed by atoms with E-state index in [0.717, 1.165) is 20.1 Å². The lowest BCUT2D eigenvalue weighted by atomic mass is 10.3. The third-order valence-corrected chi connectivity index (χ3v) is 4.83. The van der Waals surface area contributed by atoms with Gasteiger partial charge in [-0.25, -0.2) is 4.98 Å². The summed E-state index contributed by atoms with van der Waals surface area (Å²) in [6.07, 6.45) is 0. The fraction of sp³-hybridized carbons (Fsp3) is 0.0714. The summed E-state index contributed by atoms with van der Waals surface area (Å²) in [5, 5.41) is 21.4. The number of benzene rings is 2. The third kappa shape index (κ3) is 2.84. The quantitative estimate of drug-likeness (QED) is 0.573. The van der Waals surface area contributed by atoms with Crippen LogP contribution >= 0.6 is 23.1 Å². The molecule has 0 aliphatic heterocycles. The van der Waals surface area contributed by atoms with Crippen molar-refractivity contribution in [3.63, 3.8) is 0 Å². The minimum atomic E-state index is -0.378. The van der Waals surface area contributed by atoms with E-state index < -0.39 is 0 Å². The number of nitro groups is 1. The van der Waals surface area contributed by atoms with E-state index in [0.29, 0.717) is 4.90 Å². The van der Waals surface area contributed by atoms with Gasteiger partial charge in [-0.1, -0.05) is 11.8 Å². The van der Waals surface area contributed by atoms with Gasteiger partial charge in [-0.15, -0.1) is 11.3 Å². The highest BCUT2D eigenvalue weighted by Gasteiger charge is 2.18. The fourth-order valence-electron chi connectivity index (χ4n) is 1.92. The lowest BCUT2D eigenvalue weighted by Gasteiger charge is -2.03. The van der Waals surface area contributed by atoms with Crippen molar-refractivity contribution in [2.75, 3.05) is 0 Å². The second-order valence-corrected chi connectivity index (χ2v) is 6.72. The molecular formula is C14H10N2O3S2. The Labute approximate surface area is 128 Å². The van der Waals surface area contributed by atoms with Crippen LogP contribution in [0.1, 0.15) is 5.01 Å². The zero-order valence-corrected chi connectivity index (χ0v) is 12.6. The van der Waals surface area contributed by atoms with Gasteiger partial charge in [-0.2, -0.15) is 0 Å². The average molecular weight is 318 g/mol. The molecule has 7 heteroatoms. The molecule has 0 unspecified atom stereocenters. The SMILES string of the molecule is Cc1nc2cc(Sc3ccc(O)cc3)c([N+](=O)[O-])cc2s1. The smallest absolute Gasteiger partial charge is 0.284 e. The minimum absolute atomic E-state index is 0.0734. The number of hydrogen-bond acceptors (Lipinski definition) is 6. The average Bonchev–Trinajstić information content (AvgIpc) is 2.79. The molecule has 1 aromatic heterocycles. The molecule has 0 fully saturated rings. The molecule has 5 nitrogen and oxygen atoms in total. The molecule has 0 atom stereocenters. The highest BCUT2D eigenvalue weighted by atomic mass is 32.2. The molecule has 1 heterocycles. The van der Waals surface area contributed by atoms with Crippen LogP contribution in [0.2, 0.25) is 0 Å². The fourth-order valence-corrected chi connectivity index (χ4v) is 3.70. The van der Waals surface area contributed by atoms with Crippen LogP contribution in [0, 0.1) is 17.0 Å². The third-order valence-electron chi connectivity index (χ3n) is 2.84. The molecule has 106 valence electrons. The van der Waals surface area contributed by atoms with Crippen molar-refractivity contribution in [2.45, 2.75) is 16.7 Å². The van der Waals surface area contributed by atoms with Gasteiger partial charge in [-0.05, 0) is 37.3 Å². The molecule has 0 aliphatic rings. The second kappa shape index (κ2) is 5.34. The summed E-state index contributed by atoms with van der Waals surface area (Å²) in [5.74, 6) is 0.166. The van der Waals surface area contributed by atoms with Gasteiger partial charge in [0.15, 0.2) is 0 Å². The number of fused-ring (bicyclic) bond motifs is 1. The van der Waals surface area contributed by atoms with E-state index in [2.05, 4.69) is 4.98 Å². The minimum Gasteiger partial charge on any atom is -0.508 e. The summed E-state index contributed by atoms with van der Waals surface area (Å²) in [6.45, 7) is 1.88. The zero-order valence-electron chi connectivity index (χ0n) is 10.9. The van der Waals surface area contributed by atoms with Crippen LogP contribution in [0.25, 0.3) is 10.2 Å². The predicted octanol–water partition coefficient (Wildman–Crippen LogP) is 4.37. The molecular weight excluding hydrogens is 308 g/mol. The number of thiazole rings is 1. The van der Waals surface area contributed by atoms with E-state index in [1.807, 2.05) is 6.92 Å². The van der Waals surface area contributed by atoms with Gasteiger partial charge >= 0.3 is 0 Å². The van der Waals surface area contributed by atoms with Gasteiger partial charge in [0.1, 0.15) is 5.75 Å². The summed E-state index contributed by atoms with van der Waals surface area (Å²) in [6, 6.07) is 9.87. The molecule has 0 saturated heterocycles. The molecule has 0 radical (unpaired) electrons. The van der Waals surface area contributed by atoms with Crippen LogP contribution in [0.15, 0.2) is 46.2 Å². The maximum absolute atomic E-state index is 11.3. The highest BCUT2D eigenvalue weighted by Crippen LogP contribution is 2.39.